The average Bonchev–Trinajstić information content (AvgIpc) is 2.27. The van der Waals surface area contributed by atoms with Gasteiger partial charge in [-0.25, -0.2) is 13.6 Å². The highest BCUT2D eigenvalue weighted by Crippen LogP contribution is 2.13. The van der Waals surface area contributed by atoms with E-state index >= 15 is 0 Å². The van der Waals surface area contributed by atoms with Gasteiger partial charge in [-0.3, -0.25) is 4.79 Å². The summed E-state index contributed by atoms with van der Waals surface area (Å²) >= 11 is 4.70. The lowest BCUT2D eigenvalue weighted by molar-refractivity contribution is -0.117. The molecule has 1 aromatic carbocycles. The van der Waals surface area contributed by atoms with Crippen LogP contribution in [0, 0.1) is 5.92 Å². The molecule has 0 saturated heterocycles. The zero-order chi connectivity index (χ0) is 13.9. The van der Waals surface area contributed by atoms with Gasteiger partial charge in [0, 0.05) is 5.69 Å². The Balaban J connectivity index is 2.82. The Hall–Kier alpha value is -1.51. The van der Waals surface area contributed by atoms with Crippen LogP contribution in [-0.2, 0) is 14.8 Å². The first-order valence-electron chi connectivity index (χ1n) is 4.95. The largest absolute Gasteiger partial charge is 0.393 e. The number of nitrogens with one attached hydrogen (secondary N) is 1. The van der Waals surface area contributed by atoms with E-state index < -0.39 is 15.9 Å². The van der Waals surface area contributed by atoms with E-state index in [4.69, 9.17) is 23.1 Å². The average molecular weight is 287 g/mol. The van der Waals surface area contributed by atoms with Crippen molar-refractivity contribution in [1.82, 2.24) is 0 Å². The molecule has 0 heterocycles. The molecule has 0 aliphatic heterocycles. The first-order chi connectivity index (χ1) is 8.21. The van der Waals surface area contributed by atoms with Crippen molar-refractivity contribution in [2.75, 3.05) is 5.32 Å². The second-order valence-electron chi connectivity index (χ2n) is 3.68. The lowest BCUT2D eigenvalue weighted by atomic mass is 10.1. The quantitative estimate of drug-likeness (QED) is 0.684. The van der Waals surface area contributed by atoms with E-state index in [1.54, 1.807) is 6.92 Å². The fourth-order valence-electron chi connectivity index (χ4n) is 1.11. The summed E-state index contributed by atoms with van der Waals surface area (Å²) < 4.78 is 22.0. The van der Waals surface area contributed by atoms with Crippen LogP contribution in [0.2, 0.25) is 0 Å². The SMILES string of the molecule is CC(C(=O)Nc1ccc(S(N)(=O)=O)cc1)C(N)=S. The van der Waals surface area contributed by atoms with Crippen LogP contribution in [0.25, 0.3) is 0 Å². The number of carbonyl (C=O) groups excluding carboxylic acids is 1. The maximum absolute atomic E-state index is 11.6. The molecule has 0 saturated carbocycles. The molecule has 1 rings (SSSR count). The fraction of sp³-hybridized carbons (Fsp3) is 0.200. The van der Waals surface area contributed by atoms with Gasteiger partial charge in [0.05, 0.1) is 15.8 Å². The first-order valence-corrected chi connectivity index (χ1v) is 6.90. The molecule has 0 fully saturated rings. The number of hydrogen-bond donors (Lipinski definition) is 3. The van der Waals surface area contributed by atoms with Gasteiger partial charge < -0.3 is 11.1 Å². The highest BCUT2D eigenvalue weighted by atomic mass is 32.2. The van der Waals surface area contributed by atoms with Crippen molar-refractivity contribution in [2.45, 2.75) is 11.8 Å². The maximum Gasteiger partial charge on any atom is 0.238 e. The zero-order valence-corrected chi connectivity index (χ0v) is 11.2. The number of carbonyl (C=O) groups is 1. The summed E-state index contributed by atoms with van der Waals surface area (Å²) in [6.07, 6.45) is 0. The first kappa shape index (κ1) is 14.6. The molecule has 1 amide bonds. The number of amides is 1. The van der Waals surface area contributed by atoms with Crippen LogP contribution in [0.4, 0.5) is 5.69 Å². The Morgan fingerprint density at radius 3 is 2.22 bits per heavy atom. The van der Waals surface area contributed by atoms with Gasteiger partial charge in [0.15, 0.2) is 0 Å². The standard InChI is InChI=1S/C10H13N3O3S2/c1-6(9(11)17)10(14)13-7-2-4-8(5-3-7)18(12,15)16/h2-6H,1H3,(H2,11,17)(H,13,14)(H2,12,15,16). The van der Waals surface area contributed by atoms with Gasteiger partial charge in [0.2, 0.25) is 15.9 Å². The van der Waals surface area contributed by atoms with Crippen LogP contribution in [0.5, 0.6) is 0 Å². The second kappa shape index (κ2) is 5.42. The Kier molecular flexibility index (Phi) is 4.38. The van der Waals surface area contributed by atoms with Crippen LogP contribution in [0.1, 0.15) is 6.92 Å². The predicted molar refractivity (Wildman–Crippen MR) is 72.4 cm³/mol. The highest BCUT2D eigenvalue weighted by Gasteiger charge is 2.15. The molecule has 8 heteroatoms. The molecule has 0 aliphatic rings. The van der Waals surface area contributed by atoms with E-state index in [1.165, 1.54) is 24.3 Å². The fourth-order valence-corrected chi connectivity index (χ4v) is 1.73. The summed E-state index contributed by atoms with van der Waals surface area (Å²) in [5.74, 6) is -0.955. The normalized spacial score (nSPS) is 12.8. The number of sulfonamides is 1. The van der Waals surface area contributed by atoms with Gasteiger partial charge in [-0.1, -0.05) is 12.2 Å². The van der Waals surface area contributed by atoms with Crippen molar-refractivity contribution in [3.63, 3.8) is 0 Å². The predicted octanol–water partition coefficient (Wildman–Crippen LogP) is 0.195. The smallest absolute Gasteiger partial charge is 0.238 e. The van der Waals surface area contributed by atoms with Gasteiger partial charge in [0.1, 0.15) is 0 Å². The molecular weight excluding hydrogens is 274 g/mol. The third kappa shape index (κ3) is 3.76. The number of thiocarbonyl (C=S) groups is 1. The summed E-state index contributed by atoms with van der Waals surface area (Å²) in [6, 6.07) is 5.47. The third-order valence-electron chi connectivity index (χ3n) is 2.27. The summed E-state index contributed by atoms with van der Waals surface area (Å²) in [5.41, 5.74) is 5.79. The van der Waals surface area contributed by atoms with Gasteiger partial charge in [0.25, 0.3) is 0 Å². The Bertz CT molecular complexity index is 567. The molecule has 0 radical (unpaired) electrons. The lowest BCUT2D eigenvalue weighted by Gasteiger charge is -2.10. The summed E-state index contributed by atoms with van der Waals surface area (Å²) in [5, 5.41) is 7.51. The van der Waals surface area contributed by atoms with E-state index in [9.17, 15) is 13.2 Å². The number of nitrogens with two attached hydrogens (primary N) is 2. The van der Waals surface area contributed by atoms with Gasteiger partial charge in [-0.05, 0) is 31.2 Å². The zero-order valence-electron chi connectivity index (χ0n) is 9.58. The molecule has 18 heavy (non-hydrogen) atoms. The van der Waals surface area contributed by atoms with Crippen molar-refractivity contribution in [2.24, 2.45) is 16.8 Å². The molecule has 0 aliphatic carbocycles. The van der Waals surface area contributed by atoms with Crippen molar-refractivity contribution in [1.29, 1.82) is 0 Å². The van der Waals surface area contributed by atoms with Crippen molar-refractivity contribution < 1.29 is 13.2 Å². The summed E-state index contributed by atoms with van der Waals surface area (Å²) in [7, 11) is -3.73. The molecule has 0 bridgehead atoms. The maximum atomic E-state index is 11.6. The minimum atomic E-state index is -3.73. The lowest BCUT2D eigenvalue weighted by Crippen LogP contribution is -2.30. The molecule has 6 nitrogen and oxygen atoms in total. The molecule has 1 aromatic rings. The van der Waals surface area contributed by atoms with Crippen LogP contribution in [-0.4, -0.2) is 19.3 Å². The number of benzene rings is 1. The van der Waals surface area contributed by atoms with Crippen molar-refractivity contribution in [3.8, 4) is 0 Å². The second-order valence-corrected chi connectivity index (χ2v) is 5.72. The molecular formula is C10H13N3O3S2. The minimum absolute atomic E-state index is 0.0251. The number of anilines is 1. The van der Waals surface area contributed by atoms with Crippen molar-refractivity contribution >= 4 is 38.8 Å². The van der Waals surface area contributed by atoms with E-state index in [0.29, 0.717) is 5.69 Å². The monoisotopic (exact) mass is 287 g/mol. The molecule has 1 unspecified atom stereocenters. The number of rotatable bonds is 4. The Morgan fingerprint density at radius 1 is 1.33 bits per heavy atom. The molecule has 1 atom stereocenters. The minimum Gasteiger partial charge on any atom is -0.393 e. The number of hydrogen-bond acceptors (Lipinski definition) is 4. The van der Waals surface area contributed by atoms with Crippen LogP contribution in [0.3, 0.4) is 0 Å². The topological polar surface area (TPSA) is 115 Å². The summed E-state index contributed by atoms with van der Waals surface area (Å²) in [6.45, 7) is 1.58. The van der Waals surface area contributed by atoms with E-state index in [0.717, 1.165) is 0 Å². The van der Waals surface area contributed by atoms with Crippen molar-refractivity contribution in [3.05, 3.63) is 24.3 Å². The van der Waals surface area contributed by atoms with E-state index in [-0.39, 0.29) is 15.8 Å². The van der Waals surface area contributed by atoms with Crippen LogP contribution >= 0.6 is 12.2 Å². The van der Waals surface area contributed by atoms with Gasteiger partial charge in [-0.2, -0.15) is 0 Å². The molecule has 0 spiro atoms. The number of primary sulfonamides is 1. The summed E-state index contributed by atoms with van der Waals surface area (Å²) in [4.78, 5) is 11.7. The molecule has 5 N–H and O–H groups in total. The highest BCUT2D eigenvalue weighted by molar-refractivity contribution is 7.89. The Morgan fingerprint density at radius 2 is 1.83 bits per heavy atom. The van der Waals surface area contributed by atoms with Crippen LogP contribution < -0.4 is 16.2 Å². The van der Waals surface area contributed by atoms with E-state index in [1.807, 2.05) is 0 Å². The van der Waals surface area contributed by atoms with Gasteiger partial charge >= 0.3 is 0 Å². The Labute approximate surface area is 110 Å². The molecule has 98 valence electrons. The third-order valence-corrected chi connectivity index (χ3v) is 3.55. The van der Waals surface area contributed by atoms with E-state index in [2.05, 4.69) is 5.32 Å². The van der Waals surface area contributed by atoms with Crippen LogP contribution in [0.15, 0.2) is 29.2 Å². The molecule has 0 aromatic heterocycles. The van der Waals surface area contributed by atoms with Gasteiger partial charge in [-0.15, -0.1) is 0 Å².